The molecular weight excluding hydrogens is 439 g/mol. The standard InChI is InChI=1S/C25H33FN4O4/c1-5-30(13-12-27-24(33)34-25(2,3)4)23(32)19-14-16(10-11-20(19)26)15-21-17-8-6-7-9-18(17)22(31)29-28-21/h10-11,14,21H,5-9,12-13,15H2,1-4H3,(H,27,33). The second-order valence-electron chi connectivity index (χ2n) is 9.58. The number of rotatable bonds is 7. The fraction of sp³-hybridized carbons (Fsp3) is 0.560. The van der Waals surface area contributed by atoms with Gasteiger partial charge in [0.1, 0.15) is 11.4 Å². The zero-order chi connectivity index (χ0) is 24.9. The van der Waals surface area contributed by atoms with Gasteiger partial charge in [-0.25, -0.2) is 9.18 Å². The molecule has 0 saturated heterocycles. The van der Waals surface area contributed by atoms with E-state index in [0.29, 0.717) is 13.0 Å². The van der Waals surface area contributed by atoms with Crippen molar-refractivity contribution in [2.75, 3.05) is 19.6 Å². The van der Waals surface area contributed by atoms with Gasteiger partial charge in [-0.2, -0.15) is 5.11 Å². The molecule has 0 aromatic heterocycles. The second kappa shape index (κ2) is 10.9. The van der Waals surface area contributed by atoms with Gasteiger partial charge in [0.2, 0.25) is 0 Å². The van der Waals surface area contributed by atoms with E-state index >= 15 is 0 Å². The summed E-state index contributed by atoms with van der Waals surface area (Å²) in [6.45, 7) is 7.85. The molecule has 0 spiro atoms. The molecule has 0 bridgehead atoms. The number of likely N-dealkylation sites (N-methyl/N-ethyl adjacent to an activating group) is 1. The summed E-state index contributed by atoms with van der Waals surface area (Å²) in [5, 5.41) is 10.6. The molecule has 0 fully saturated rings. The van der Waals surface area contributed by atoms with Gasteiger partial charge in [-0.15, -0.1) is 5.11 Å². The molecule has 1 aliphatic heterocycles. The van der Waals surface area contributed by atoms with E-state index in [4.69, 9.17) is 4.74 Å². The second-order valence-corrected chi connectivity index (χ2v) is 9.58. The van der Waals surface area contributed by atoms with Crippen LogP contribution in [-0.4, -0.2) is 54.1 Å². The van der Waals surface area contributed by atoms with Crippen molar-refractivity contribution in [1.29, 1.82) is 0 Å². The van der Waals surface area contributed by atoms with E-state index in [-0.39, 0.29) is 30.6 Å². The first-order chi connectivity index (χ1) is 16.1. The van der Waals surface area contributed by atoms with Crippen LogP contribution in [0.1, 0.15) is 69.3 Å². The maximum absolute atomic E-state index is 14.6. The summed E-state index contributed by atoms with van der Waals surface area (Å²) in [7, 11) is 0. The largest absolute Gasteiger partial charge is 0.444 e. The van der Waals surface area contributed by atoms with E-state index < -0.39 is 23.4 Å². The number of carbonyl (C=O) groups excluding carboxylic acids is 3. The molecule has 184 valence electrons. The van der Waals surface area contributed by atoms with Crippen LogP contribution in [0.15, 0.2) is 39.6 Å². The van der Waals surface area contributed by atoms with E-state index in [1.54, 1.807) is 39.8 Å². The average molecular weight is 473 g/mol. The zero-order valence-electron chi connectivity index (χ0n) is 20.3. The van der Waals surface area contributed by atoms with Crippen LogP contribution in [0.2, 0.25) is 0 Å². The Balaban J connectivity index is 1.68. The maximum atomic E-state index is 14.6. The lowest BCUT2D eigenvalue weighted by molar-refractivity contribution is -0.115. The van der Waals surface area contributed by atoms with Crippen molar-refractivity contribution in [3.8, 4) is 0 Å². The van der Waals surface area contributed by atoms with Gasteiger partial charge in [0.15, 0.2) is 0 Å². The Bertz CT molecular complexity index is 1010. The number of azo groups is 1. The number of hydrogen-bond acceptors (Lipinski definition) is 5. The fourth-order valence-corrected chi connectivity index (χ4v) is 4.22. The third-order valence-electron chi connectivity index (χ3n) is 5.87. The Hall–Kier alpha value is -3.10. The molecule has 0 saturated carbocycles. The molecule has 1 aliphatic carbocycles. The molecule has 8 nitrogen and oxygen atoms in total. The molecule has 1 aromatic rings. The number of carbonyl (C=O) groups is 3. The number of alkyl carbamates (subject to hydrolysis) is 1. The van der Waals surface area contributed by atoms with Crippen molar-refractivity contribution in [1.82, 2.24) is 10.2 Å². The van der Waals surface area contributed by atoms with E-state index in [0.717, 1.165) is 42.4 Å². The summed E-state index contributed by atoms with van der Waals surface area (Å²) in [6.07, 6.45) is 3.39. The summed E-state index contributed by atoms with van der Waals surface area (Å²) in [6, 6.07) is 4.22. The Morgan fingerprint density at radius 1 is 1.24 bits per heavy atom. The minimum atomic E-state index is -0.618. The first-order valence-corrected chi connectivity index (χ1v) is 11.8. The molecular formula is C25H33FN4O4. The smallest absolute Gasteiger partial charge is 0.407 e. The molecule has 1 aromatic carbocycles. The van der Waals surface area contributed by atoms with Gasteiger partial charge in [0.05, 0.1) is 11.6 Å². The number of nitrogens with one attached hydrogen (secondary N) is 1. The molecule has 3 rings (SSSR count). The van der Waals surface area contributed by atoms with Gasteiger partial charge in [0, 0.05) is 31.6 Å². The van der Waals surface area contributed by atoms with Crippen LogP contribution in [0, 0.1) is 5.82 Å². The highest BCUT2D eigenvalue weighted by molar-refractivity contribution is 5.96. The molecule has 0 radical (unpaired) electrons. The molecule has 1 N–H and O–H groups in total. The molecule has 34 heavy (non-hydrogen) atoms. The average Bonchev–Trinajstić information content (AvgIpc) is 2.78. The number of benzene rings is 1. The highest BCUT2D eigenvalue weighted by Crippen LogP contribution is 2.33. The van der Waals surface area contributed by atoms with Gasteiger partial charge < -0.3 is 15.0 Å². The van der Waals surface area contributed by atoms with Crippen molar-refractivity contribution < 1.29 is 23.5 Å². The third-order valence-corrected chi connectivity index (χ3v) is 5.87. The SMILES string of the molecule is CCN(CCNC(=O)OC(C)(C)C)C(=O)c1cc(CC2N=NC(=O)C3=C2CCCC3)ccc1F. The van der Waals surface area contributed by atoms with E-state index in [1.165, 1.54) is 11.0 Å². The summed E-state index contributed by atoms with van der Waals surface area (Å²) in [5.74, 6) is -1.31. The van der Waals surface area contributed by atoms with Crippen LogP contribution in [0.25, 0.3) is 0 Å². The van der Waals surface area contributed by atoms with Gasteiger partial charge in [-0.1, -0.05) is 6.07 Å². The van der Waals surface area contributed by atoms with Crippen LogP contribution < -0.4 is 5.32 Å². The molecule has 3 amide bonds. The monoisotopic (exact) mass is 472 g/mol. The number of ether oxygens (including phenoxy) is 1. The van der Waals surface area contributed by atoms with Crippen LogP contribution in [0.3, 0.4) is 0 Å². The minimum absolute atomic E-state index is 0.0294. The normalized spacial score (nSPS) is 17.9. The quantitative estimate of drug-likeness (QED) is 0.627. The number of hydrogen-bond donors (Lipinski definition) is 1. The molecule has 1 unspecified atom stereocenters. The summed E-state index contributed by atoms with van der Waals surface area (Å²) in [4.78, 5) is 38.4. The fourth-order valence-electron chi connectivity index (χ4n) is 4.22. The predicted molar refractivity (Wildman–Crippen MR) is 125 cm³/mol. The van der Waals surface area contributed by atoms with Crippen LogP contribution in [0.5, 0.6) is 0 Å². The highest BCUT2D eigenvalue weighted by Gasteiger charge is 2.29. The van der Waals surface area contributed by atoms with Crippen molar-refractivity contribution in [3.63, 3.8) is 0 Å². The predicted octanol–water partition coefficient (Wildman–Crippen LogP) is 4.59. The molecule has 1 atom stereocenters. The van der Waals surface area contributed by atoms with Crippen molar-refractivity contribution >= 4 is 17.9 Å². The Morgan fingerprint density at radius 2 is 1.97 bits per heavy atom. The first kappa shape index (κ1) is 25.5. The molecule has 9 heteroatoms. The van der Waals surface area contributed by atoms with Gasteiger partial charge in [-0.3, -0.25) is 9.59 Å². The first-order valence-electron chi connectivity index (χ1n) is 11.8. The summed E-state index contributed by atoms with van der Waals surface area (Å²) < 4.78 is 19.8. The van der Waals surface area contributed by atoms with Crippen LogP contribution in [0.4, 0.5) is 9.18 Å². The molecule has 2 aliphatic rings. The summed E-state index contributed by atoms with van der Waals surface area (Å²) in [5.41, 5.74) is 1.89. The van der Waals surface area contributed by atoms with E-state index in [1.807, 2.05) is 0 Å². The number of halogens is 1. The van der Waals surface area contributed by atoms with E-state index in [2.05, 4.69) is 15.5 Å². The van der Waals surface area contributed by atoms with Gasteiger partial charge in [-0.05, 0) is 76.6 Å². The minimum Gasteiger partial charge on any atom is -0.444 e. The molecule has 1 heterocycles. The Morgan fingerprint density at radius 3 is 2.68 bits per heavy atom. The zero-order valence-corrected chi connectivity index (χ0v) is 20.3. The number of amides is 3. The van der Waals surface area contributed by atoms with Gasteiger partial charge in [0.25, 0.3) is 11.8 Å². The van der Waals surface area contributed by atoms with E-state index in [9.17, 15) is 18.8 Å². The topological polar surface area (TPSA) is 100 Å². The Labute approximate surface area is 199 Å². The summed E-state index contributed by atoms with van der Waals surface area (Å²) >= 11 is 0. The van der Waals surface area contributed by atoms with Gasteiger partial charge >= 0.3 is 6.09 Å². The number of nitrogens with zero attached hydrogens (tertiary/aromatic N) is 3. The third kappa shape index (κ3) is 6.48. The van der Waals surface area contributed by atoms with Crippen molar-refractivity contribution in [2.45, 2.75) is 71.4 Å². The lowest BCUT2D eigenvalue weighted by Gasteiger charge is -2.26. The lowest BCUT2D eigenvalue weighted by atomic mass is 9.84. The lowest BCUT2D eigenvalue weighted by Crippen LogP contribution is -2.40. The van der Waals surface area contributed by atoms with Crippen molar-refractivity contribution in [2.24, 2.45) is 10.2 Å². The van der Waals surface area contributed by atoms with Crippen molar-refractivity contribution in [3.05, 3.63) is 46.3 Å². The van der Waals surface area contributed by atoms with Crippen LogP contribution in [-0.2, 0) is 16.0 Å². The Kier molecular flexibility index (Phi) is 8.17. The van der Waals surface area contributed by atoms with Crippen LogP contribution >= 0.6 is 0 Å². The maximum Gasteiger partial charge on any atom is 0.407 e. The highest BCUT2D eigenvalue weighted by atomic mass is 19.1.